The Labute approximate surface area is 116 Å². The first-order valence-electron chi connectivity index (χ1n) is 5.77. The van der Waals surface area contributed by atoms with Crippen molar-refractivity contribution >= 4 is 23.5 Å². The Morgan fingerprint density at radius 1 is 1.16 bits per heavy atom. The first kappa shape index (κ1) is 13.5. The molecular formula is C11H16ClN7. The van der Waals surface area contributed by atoms with Crippen LogP contribution in [-0.4, -0.2) is 45.9 Å². The molecule has 0 saturated heterocycles. The van der Waals surface area contributed by atoms with Crippen LogP contribution in [0.25, 0.3) is 5.95 Å². The van der Waals surface area contributed by atoms with Crippen LogP contribution in [-0.2, 0) is 0 Å². The van der Waals surface area contributed by atoms with Crippen molar-refractivity contribution < 1.29 is 0 Å². The van der Waals surface area contributed by atoms with Crippen LogP contribution in [0.1, 0.15) is 11.4 Å². The van der Waals surface area contributed by atoms with Crippen LogP contribution in [0.5, 0.6) is 0 Å². The fraction of sp³-hybridized carbons (Fsp3) is 0.455. The molecule has 1 N–H and O–H groups in total. The fourth-order valence-corrected chi connectivity index (χ4v) is 1.70. The number of hydrogen-bond donors (Lipinski definition) is 1. The number of aromatic nitrogens is 5. The summed E-state index contributed by atoms with van der Waals surface area (Å²) in [6.07, 6.45) is 0. The molecule has 2 aromatic rings. The molecule has 0 unspecified atom stereocenters. The summed E-state index contributed by atoms with van der Waals surface area (Å²) in [7, 11) is 5.49. The van der Waals surface area contributed by atoms with Crippen molar-refractivity contribution in [1.82, 2.24) is 24.7 Å². The predicted octanol–water partition coefficient (Wildman–Crippen LogP) is 1.44. The van der Waals surface area contributed by atoms with Gasteiger partial charge in [0.05, 0.1) is 16.4 Å². The van der Waals surface area contributed by atoms with Gasteiger partial charge < -0.3 is 10.2 Å². The molecule has 8 heteroatoms. The van der Waals surface area contributed by atoms with Gasteiger partial charge >= 0.3 is 0 Å². The van der Waals surface area contributed by atoms with Gasteiger partial charge in [0.25, 0.3) is 5.95 Å². The van der Waals surface area contributed by atoms with Gasteiger partial charge in [-0.05, 0) is 13.8 Å². The zero-order valence-electron chi connectivity index (χ0n) is 11.6. The molecule has 0 amide bonds. The highest BCUT2D eigenvalue weighted by molar-refractivity contribution is 6.31. The van der Waals surface area contributed by atoms with E-state index in [2.05, 4.69) is 25.4 Å². The molecule has 0 spiro atoms. The number of aryl methyl sites for hydroxylation is 1. The maximum absolute atomic E-state index is 6.14. The average Bonchev–Trinajstić information content (AvgIpc) is 2.66. The van der Waals surface area contributed by atoms with E-state index in [1.807, 2.05) is 27.9 Å². The summed E-state index contributed by atoms with van der Waals surface area (Å²) in [6.45, 7) is 3.72. The molecule has 7 nitrogen and oxygen atoms in total. The Hall–Kier alpha value is -1.89. The number of nitrogens with zero attached hydrogens (tertiary/aromatic N) is 6. The van der Waals surface area contributed by atoms with Crippen molar-refractivity contribution in [2.45, 2.75) is 13.8 Å². The van der Waals surface area contributed by atoms with Gasteiger partial charge in [0, 0.05) is 21.1 Å². The standard InChI is InChI=1S/C11H16ClN7/c1-6-8(12)7(2)19(17-6)11-15-9(13-3)14-10(16-11)18(4)5/h1-5H3,(H,13,14,15,16). The number of halogens is 1. The van der Waals surface area contributed by atoms with Gasteiger partial charge in [0.2, 0.25) is 11.9 Å². The van der Waals surface area contributed by atoms with E-state index in [0.717, 1.165) is 11.4 Å². The van der Waals surface area contributed by atoms with Crippen LogP contribution in [0.3, 0.4) is 0 Å². The van der Waals surface area contributed by atoms with Gasteiger partial charge in [0.15, 0.2) is 0 Å². The van der Waals surface area contributed by atoms with E-state index in [1.54, 1.807) is 16.6 Å². The Morgan fingerprint density at radius 2 is 1.84 bits per heavy atom. The van der Waals surface area contributed by atoms with Gasteiger partial charge in [-0.1, -0.05) is 11.6 Å². The largest absolute Gasteiger partial charge is 0.357 e. The minimum atomic E-state index is 0.440. The predicted molar refractivity (Wildman–Crippen MR) is 75.3 cm³/mol. The molecule has 2 aromatic heterocycles. The summed E-state index contributed by atoms with van der Waals surface area (Å²) in [5.74, 6) is 1.48. The van der Waals surface area contributed by atoms with Crippen LogP contribution < -0.4 is 10.2 Å². The number of anilines is 2. The van der Waals surface area contributed by atoms with Gasteiger partial charge in [-0.3, -0.25) is 0 Å². The quantitative estimate of drug-likeness (QED) is 0.918. The Balaban J connectivity index is 2.61. The van der Waals surface area contributed by atoms with Crippen molar-refractivity contribution in [1.29, 1.82) is 0 Å². The van der Waals surface area contributed by atoms with Gasteiger partial charge in [0.1, 0.15) is 0 Å². The Kier molecular flexibility index (Phi) is 3.57. The summed E-state index contributed by atoms with van der Waals surface area (Å²) >= 11 is 6.14. The van der Waals surface area contributed by atoms with Crippen molar-refractivity contribution in [3.8, 4) is 5.95 Å². The van der Waals surface area contributed by atoms with Crippen LogP contribution >= 0.6 is 11.6 Å². The molecule has 0 bridgehead atoms. The highest BCUT2D eigenvalue weighted by Gasteiger charge is 2.15. The monoisotopic (exact) mass is 281 g/mol. The normalized spacial score (nSPS) is 10.6. The number of hydrogen-bond acceptors (Lipinski definition) is 6. The topological polar surface area (TPSA) is 71.8 Å². The SMILES string of the molecule is CNc1nc(N(C)C)nc(-n2nc(C)c(Cl)c2C)n1. The molecule has 2 heterocycles. The second-order valence-electron chi connectivity index (χ2n) is 4.30. The molecule has 0 radical (unpaired) electrons. The molecule has 0 atom stereocenters. The molecule has 0 aliphatic heterocycles. The van der Waals surface area contributed by atoms with E-state index < -0.39 is 0 Å². The lowest BCUT2D eigenvalue weighted by Gasteiger charge is -2.12. The summed E-state index contributed by atoms with van der Waals surface area (Å²) in [5, 5.41) is 7.87. The van der Waals surface area contributed by atoms with E-state index >= 15 is 0 Å². The minimum absolute atomic E-state index is 0.440. The van der Waals surface area contributed by atoms with Gasteiger partial charge in [-0.15, -0.1) is 0 Å². The van der Waals surface area contributed by atoms with Crippen LogP contribution in [0.15, 0.2) is 0 Å². The molecule has 102 valence electrons. The summed E-state index contributed by atoms with van der Waals surface area (Å²) in [4.78, 5) is 14.7. The fourth-order valence-electron chi connectivity index (χ4n) is 1.58. The lowest BCUT2D eigenvalue weighted by Crippen LogP contribution is -2.17. The molecule has 0 aliphatic rings. The minimum Gasteiger partial charge on any atom is -0.357 e. The van der Waals surface area contributed by atoms with Crippen LogP contribution in [0.4, 0.5) is 11.9 Å². The summed E-state index contributed by atoms with van der Waals surface area (Å²) < 4.78 is 1.62. The lowest BCUT2D eigenvalue weighted by atomic mass is 10.4. The zero-order valence-corrected chi connectivity index (χ0v) is 12.3. The van der Waals surface area contributed by atoms with Gasteiger partial charge in [-0.2, -0.15) is 20.1 Å². The Morgan fingerprint density at radius 3 is 2.32 bits per heavy atom. The smallest absolute Gasteiger partial charge is 0.257 e. The Bertz CT molecular complexity index is 605. The molecule has 0 saturated carbocycles. The lowest BCUT2D eigenvalue weighted by molar-refractivity contribution is 0.761. The van der Waals surface area contributed by atoms with E-state index in [0.29, 0.717) is 22.9 Å². The molecule has 0 aliphatic carbocycles. The van der Waals surface area contributed by atoms with E-state index in [9.17, 15) is 0 Å². The molecular weight excluding hydrogens is 266 g/mol. The van der Waals surface area contributed by atoms with Crippen molar-refractivity contribution in [3.05, 3.63) is 16.4 Å². The summed E-state index contributed by atoms with van der Waals surface area (Å²) in [6, 6.07) is 0. The second-order valence-corrected chi connectivity index (χ2v) is 4.68. The molecule has 2 rings (SSSR count). The van der Waals surface area contributed by atoms with Crippen molar-refractivity contribution in [2.75, 3.05) is 31.4 Å². The highest BCUT2D eigenvalue weighted by atomic mass is 35.5. The van der Waals surface area contributed by atoms with Gasteiger partial charge in [-0.25, -0.2) is 4.68 Å². The van der Waals surface area contributed by atoms with Crippen molar-refractivity contribution in [3.63, 3.8) is 0 Å². The first-order valence-corrected chi connectivity index (χ1v) is 6.15. The first-order chi connectivity index (χ1) is 8.93. The van der Waals surface area contributed by atoms with E-state index in [4.69, 9.17) is 11.6 Å². The summed E-state index contributed by atoms with van der Waals surface area (Å²) in [5.41, 5.74) is 1.55. The van der Waals surface area contributed by atoms with Crippen molar-refractivity contribution in [2.24, 2.45) is 0 Å². The number of nitrogens with one attached hydrogen (secondary N) is 1. The maximum atomic E-state index is 6.14. The maximum Gasteiger partial charge on any atom is 0.257 e. The second kappa shape index (κ2) is 5.00. The molecule has 0 fully saturated rings. The zero-order chi connectivity index (χ0) is 14.2. The average molecular weight is 282 g/mol. The third-order valence-corrected chi connectivity index (χ3v) is 3.17. The number of rotatable bonds is 3. The van der Waals surface area contributed by atoms with E-state index in [-0.39, 0.29) is 0 Å². The van der Waals surface area contributed by atoms with Crippen LogP contribution in [0.2, 0.25) is 5.02 Å². The van der Waals surface area contributed by atoms with Crippen LogP contribution in [0, 0.1) is 13.8 Å². The molecule has 0 aromatic carbocycles. The highest BCUT2D eigenvalue weighted by Crippen LogP contribution is 2.21. The molecule has 19 heavy (non-hydrogen) atoms. The third-order valence-electron chi connectivity index (χ3n) is 2.63. The van der Waals surface area contributed by atoms with E-state index in [1.165, 1.54) is 0 Å². The third kappa shape index (κ3) is 2.46.